The quantitative estimate of drug-likeness (QED) is 0.788. The normalized spacial score (nSPS) is 41.2. The van der Waals surface area contributed by atoms with E-state index in [1.165, 1.54) is 12.8 Å². The molecule has 5 heteroatoms. The number of hydrogen-bond donors (Lipinski definition) is 2. The SMILES string of the molecule is CC1CC(NC(=O)C2(O)CCSC2)CN1C1CC1. The molecule has 0 spiro atoms. The molecule has 2 heterocycles. The molecule has 0 aromatic rings. The van der Waals surface area contributed by atoms with Gasteiger partial charge in [-0.2, -0.15) is 11.8 Å². The summed E-state index contributed by atoms with van der Waals surface area (Å²) in [6, 6.07) is 1.55. The van der Waals surface area contributed by atoms with E-state index < -0.39 is 5.60 Å². The first kappa shape index (κ1) is 12.8. The van der Waals surface area contributed by atoms with Crippen molar-refractivity contribution in [3.63, 3.8) is 0 Å². The molecular weight excluding hydrogens is 248 g/mol. The average molecular weight is 270 g/mol. The topological polar surface area (TPSA) is 52.6 Å². The smallest absolute Gasteiger partial charge is 0.253 e. The van der Waals surface area contributed by atoms with Crippen LogP contribution in [0.15, 0.2) is 0 Å². The molecule has 0 bridgehead atoms. The molecule has 0 radical (unpaired) electrons. The highest BCUT2D eigenvalue weighted by Gasteiger charge is 2.43. The summed E-state index contributed by atoms with van der Waals surface area (Å²) in [6.07, 6.45) is 4.24. The van der Waals surface area contributed by atoms with E-state index in [-0.39, 0.29) is 11.9 Å². The lowest BCUT2D eigenvalue weighted by Gasteiger charge is -2.23. The Morgan fingerprint density at radius 1 is 1.50 bits per heavy atom. The van der Waals surface area contributed by atoms with E-state index >= 15 is 0 Å². The van der Waals surface area contributed by atoms with E-state index in [1.807, 2.05) is 0 Å². The van der Waals surface area contributed by atoms with Crippen LogP contribution in [-0.2, 0) is 4.79 Å². The summed E-state index contributed by atoms with van der Waals surface area (Å²) >= 11 is 1.66. The van der Waals surface area contributed by atoms with E-state index in [9.17, 15) is 9.90 Å². The number of nitrogens with one attached hydrogen (secondary N) is 1. The van der Waals surface area contributed by atoms with Gasteiger partial charge in [0, 0.05) is 30.4 Å². The second-order valence-corrected chi connectivity index (χ2v) is 7.12. The van der Waals surface area contributed by atoms with Crippen molar-refractivity contribution >= 4 is 17.7 Å². The van der Waals surface area contributed by atoms with Crippen molar-refractivity contribution in [3.05, 3.63) is 0 Å². The maximum atomic E-state index is 12.1. The lowest BCUT2D eigenvalue weighted by atomic mass is 10.0. The number of carbonyl (C=O) groups excluding carboxylic acids is 1. The van der Waals surface area contributed by atoms with Crippen molar-refractivity contribution in [3.8, 4) is 0 Å². The highest BCUT2D eigenvalue weighted by Crippen LogP contribution is 2.34. The number of carbonyl (C=O) groups is 1. The number of hydrogen-bond acceptors (Lipinski definition) is 4. The van der Waals surface area contributed by atoms with Gasteiger partial charge in [-0.1, -0.05) is 0 Å². The number of rotatable bonds is 3. The molecule has 1 saturated carbocycles. The summed E-state index contributed by atoms with van der Waals surface area (Å²) in [4.78, 5) is 14.6. The molecule has 3 rings (SSSR count). The third-order valence-corrected chi connectivity index (χ3v) is 5.57. The maximum absolute atomic E-state index is 12.1. The van der Waals surface area contributed by atoms with Crippen molar-refractivity contribution in [2.45, 2.75) is 56.3 Å². The van der Waals surface area contributed by atoms with E-state index in [4.69, 9.17) is 0 Å². The van der Waals surface area contributed by atoms with Crippen LogP contribution in [0.3, 0.4) is 0 Å². The van der Waals surface area contributed by atoms with Gasteiger partial charge in [0.15, 0.2) is 5.60 Å². The fraction of sp³-hybridized carbons (Fsp3) is 0.923. The van der Waals surface area contributed by atoms with Gasteiger partial charge in [-0.15, -0.1) is 0 Å². The number of likely N-dealkylation sites (tertiary alicyclic amines) is 1. The minimum Gasteiger partial charge on any atom is -0.379 e. The number of amides is 1. The molecule has 1 aliphatic carbocycles. The average Bonchev–Trinajstić information content (AvgIpc) is 2.97. The van der Waals surface area contributed by atoms with Gasteiger partial charge in [-0.25, -0.2) is 0 Å². The molecule has 2 N–H and O–H groups in total. The van der Waals surface area contributed by atoms with Crippen LogP contribution in [0.2, 0.25) is 0 Å². The highest BCUT2D eigenvalue weighted by molar-refractivity contribution is 7.99. The Morgan fingerprint density at radius 3 is 2.89 bits per heavy atom. The highest BCUT2D eigenvalue weighted by atomic mass is 32.2. The summed E-state index contributed by atoms with van der Waals surface area (Å²) in [7, 11) is 0. The molecule has 2 saturated heterocycles. The maximum Gasteiger partial charge on any atom is 0.253 e. The summed E-state index contributed by atoms with van der Waals surface area (Å²) < 4.78 is 0. The van der Waals surface area contributed by atoms with Gasteiger partial charge >= 0.3 is 0 Å². The summed E-state index contributed by atoms with van der Waals surface area (Å²) in [5.74, 6) is 1.29. The Hall–Kier alpha value is -0.260. The van der Waals surface area contributed by atoms with E-state index in [0.717, 1.165) is 24.8 Å². The first-order valence-corrected chi connectivity index (χ1v) is 8.11. The van der Waals surface area contributed by atoms with Crippen LogP contribution in [0.5, 0.6) is 0 Å². The second kappa shape index (κ2) is 4.69. The predicted octanol–water partition coefficient (Wildman–Crippen LogP) is 0.596. The molecule has 102 valence electrons. The fourth-order valence-electron chi connectivity index (χ4n) is 3.13. The molecule has 3 aliphatic rings. The monoisotopic (exact) mass is 270 g/mol. The van der Waals surface area contributed by atoms with Crippen LogP contribution in [-0.4, -0.2) is 57.7 Å². The van der Waals surface area contributed by atoms with Gasteiger partial charge in [0.25, 0.3) is 5.91 Å². The van der Waals surface area contributed by atoms with Crippen molar-refractivity contribution in [2.24, 2.45) is 0 Å². The molecule has 3 fully saturated rings. The first-order chi connectivity index (χ1) is 8.58. The molecule has 1 amide bonds. The zero-order valence-corrected chi connectivity index (χ0v) is 11.7. The molecule has 3 atom stereocenters. The third kappa shape index (κ3) is 2.40. The van der Waals surface area contributed by atoms with Crippen LogP contribution in [0.4, 0.5) is 0 Å². The minimum atomic E-state index is -1.11. The molecular formula is C13H22N2O2S. The number of thioether (sulfide) groups is 1. The van der Waals surface area contributed by atoms with Crippen molar-refractivity contribution < 1.29 is 9.90 Å². The molecule has 3 unspecified atom stereocenters. The van der Waals surface area contributed by atoms with Crippen molar-refractivity contribution in [2.75, 3.05) is 18.1 Å². The molecule has 0 aromatic carbocycles. The van der Waals surface area contributed by atoms with Crippen molar-refractivity contribution in [1.29, 1.82) is 0 Å². The number of aliphatic hydroxyl groups is 1. The van der Waals surface area contributed by atoms with Gasteiger partial charge in [-0.3, -0.25) is 9.69 Å². The Morgan fingerprint density at radius 2 is 2.28 bits per heavy atom. The van der Waals surface area contributed by atoms with Gasteiger partial charge in [0.05, 0.1) is 0 Å². The Labute approximate surface area is 112 Å². The van der Waals surface area contributed by atoms with Crippen LogP contribution < -0.4 is 5.32 Å². The Balaban J connectivity index is 1.55. The summed E-state index contributed by atoms with van der Waals surface area (Å²) in [5.41, 5.74) is -1.11. The predicted molar refractivity (Wildman–Crippen MR) is 72.6 cm³/mol. The van der Waals surface area contributed by atoms with Gasteiger partial charge in [-0.05, 0) is 38.4 Å². The minimum absolute atomic E-state index is 0.151. The van der Waals surface area contributed by atoms with Crippen molar-refractivity contribution in [1.82, 2.24) is 10.2 Å². The Bertz CT molecular complexity index is 340. The van der Waals surface area contributed by atoms with E-state index in [1.54, 1.807) is 11.8 Å². The molecule has 4 nitrogen and oxygen atoms in total. The second-order valence-electron chi connectivity index (χ2n) is 6.02. The Kier molecular flexibility index (Phi) is 3.32. The van der Waals surface area contributed by atoms with Gasteiger partial charge in [0.2, 0.25) is 0 Å². The molecule has 0 aromatic heterocycles. The lowest BCUT2D eigenvalue weighted by molar-refractivity contribution is -0.137. The van der Waals surface area contributed by atoms with Gasteiger partial charge < -0.3 is 10.4 Å². The lowest BCUT2D eigenvalue weighted by Crippen LogP contribution is -2.51. The first-order valence-electron chi connectivity index (χ1n) is 6.95. The summed E-state index contributed by atoms with van der Waals surface area (Å²) in [5, 5.41) is 13.3. The van der Waals surface area contributed by atoms with E-state index in [0.29, 0.717) is 18.2 Å². The van der Waals surface area contributed by atoms with Crippen LogP contribution in [0, 0.1) is 0 Å². The van der Waals surface area contributed by atoms with Crippen LogP contribution in [0.25, 0.3) is 0 Å². The standard InChI is InChI=1S/C13H22N2O2S/c1-9-6-10(7-15(9)11-2-3-11)14-12(16)13(17)4-5-18-8-13/h9-11,17H,2-8H2,1H3,(H,14,16). The molecule has 18 heavy (non-hydrogen) atoms. The van der Waals surface area contributed by atoms with E-state index in [2.05, 4.69) is 17.1 Å². The zero-order chi connectivity index (χ0) is 12.8. The zero-order valence-electron chi connectivity index (χ0n) is 10.9. The molecule has 2 aliphatic heterocycles. The number of nitrogens with zero attached hydrogens (tertiary/aromatic N) is 1. The third-order valence-electron chi connectivity index (χ3n) is 4.40. The largest absolute Gasteiger partial charge is 0.379 e. The van der Waals surface area contributed by atoms with Crippen LogP contribution >= 0.6 is 11.8 Å². The summed E-state index contributed by atoms with van der Waals surface area (Å²) in [6.45, 7) is 3.20. The fourth-order valence-corrected chi connectivity index (χ4v) is 4.37. The van der Waals surface area contributed by atoms with Gasteiger partial charge in [0.1, 0.15) is 0 Å². The van der Waals surface area contributed by atoms with Crippen LogP contribution in [0.1, 0.15) is 32.6 Å².